The standard InChI is InChI=1S/C9H9BrN2O2/c1-5(11)6-4-13-9(12-6)7-2-3-8(10)14-7/h2-5H,11H2,1H3. The molecule has 2 rings (SSSR count). The van der Waals surface area contributed by atoms with Gasteiger partial charge in [0.15, 0.2) is 10.4 Å². The Kier molecular flexibility index (Phi) is 2.43. The summed E-state index contributed by atoms with van der Waals surface area (Å²) < 4.78 is 11.1. The summed E-state index contributed by atoms with van der Waals surface area (Å²) in [6.45, 7) is 1.85. The fraction of sp³-hybridized carbons (Fsp3) is 0.222. The van der Waals surface area contributed by atoms with E-state index in [2.05, 4.69) is 20.9 Å². The fourth-order valence-electron chi connectivity index (χ4n) is 1.04. The van der Waals surface area contributed by atoms with Gasteiger partial charge in [0.1, 0.15) is 6.26 Å². The molecule has 0 amide bonds. The van der Waals surface area contributed by atoms with Gasteiger partial charge in [-0.05, 0) is 35.0 Å². The van der Waals surface area contributed by atoms with Crippen LogP contribution >= 0.6 is 15.9 Å². The molecule has 2 N–H and O–H groups in total. The van der Waals surface area contributed by atoms with E-state index in [0.29, 0.717) is 22.0 Å². The number of furan rings is 1. The molecule has 0 radical (unpaired) electrons. The predicted octanol–water partition coefficient (Wildman–Crippen LogP) is 2.72. The molecule has 1 unspecified atom stereocenters. The van der Waals surface area contributed by atoms with E-state index in [9.17, 15) is 0 Å². The van der Waals surface area contributed by atoms with Gasteiger partial charge in [-0.3, -0.25) is 0 Å². The van der Waals surface area contributed by atoms with Crippen LogP contribution in [0, 0.1) is 0 Å². The number of rotatable bonds is 2. The van der Waals surface area contributed by atoms with Gasteiger partial charge in [0, 0.05) is 6.04 Å². The SMILES string of the molecule is CC(N)c1coc(-c2ccc(Br)o2)n1. The van der Waals surface area contributed by atoms with Crippen LogP contribution in [0.3, 0.4) is 0 Å². The number of nitrogens with zero attached hydrogens (tertiary/aromatic N) is 1. The lowest BCUT2D eigenvalue weighted by molar-refractivity contribution is 0.504. The molecule has 0 spiro atoms. The number of oxazole rings is 1. The Hall–Kier alpha value is -1.07. The van der Waals surface area contributed by atoms with Crippen molar-refractivity contribution in [3.63, 3.8) is 0 Å². The van der Waals surface area contributed by atoms with Gasteiger partial charge >= 0.3 is 0 Å². The maximum absolute atomic E-state index is 5.65. The highest BCUT2D eigenvalue weighted by Crippen LogP contribution is 2.25. The van der Waals surface area contributed by atoms with E-state index in [-0.39, 0.29) is 6.04 Å². The number of aromatic nitrogens is 1. The van der Waals surface area contributed by atoms with Gasteiger partial charge in [-0.25, -0.2) is 4.98 Å². The van der Waals surface area contributed by atoms with E-state index in [1.165, 1.54) is 6.26 Å². The summed E-state index contributed by atoms with van der Waals surface area (Å²) in [6.07, 6.45) is 1.54. The zero-order valence-corrected chi connectivity index (χ0v) is 9.11. The molecule has 0 aromatic carbocycles. The van der Waals surface area contributed by atoms with Gasteiger partial charge in [-0.1, -0.05) is 0 Å². The first-order chi connectivity index (χ1) is 6.66. The Morgan fingerprint density at radius 3 is 2.79 bits per heavy atom. The maximum Gasteiger partial charge on any atom is 0.263 e. The monoisotopic (exact) mass is 256 g/mol. The van der Waals surface area contributed by atoms with Crippen LogP contribution in [-0.2, 0) is 0 Å². The van der Waals surface area contributed by atoms with Crippen LogP contribution in [-0.4, -0.2) is 4.98 Å². The Labute approximate surface area is 89.2 Å². The van der Waals surface area contributed by atoms with Crippen LogP contribution in [0.15, 0.2) is 31.9 Å². The number of nitrogens with two attached hydrogens (primary N) is 1. The Balaban J connectivity index is 2.33. The Morgan fingerprint density at radius 2 is 2.29 bits per heavy atom. The van der Waals surface area contributed by atoms with Crippen molar-refractivity contribution in [2.75, 3.05) is 0 Å². The molecule has 2 aromatic rings. The largest absolute Gasteiger partial charge is 0.444 e. The molecule has 0 aliphatic rings. The average molecular weight is 257 g/mol. The molecule has 5 heteroatoms. The molecule has 0 fully saturated rings. The quantitative estimate of drug-likeness (QED) is 0.898. The molecular weight excluding hydrogens is 248 g/mol. The molecular formula is C9H9BrN2O2. The minimum absolute atomic E-state index is 0.133. The third-order valence-corrected chi connectivity index (χ3v) is 2.20. The Morgan fingerprint density at radius 1 is 1.50 bits per heavy atom. The maximum atomic E-state index is 5.65. The second kappa shape index (κ2) is 3.59. The number of hydrogen-bond acceptors (Lipinski definition) is 4. The van der Waals surface area contributed by atoms with E-state index >= 15 is 0 Å². The third-order valence-electron chi connectivity index (χ3n) is 1.77. The van der Waals surface area contributed by atoms with Crippen LogP contribution < -0.4 is 5.73 Å². The van der Waals surface area contributed by atoms with Gasteiger partial charge in [-0.15, -0.1) is 0 Å². The molecule has 74 valence electrons. The van der Waals surface area contributed by atoms with Crippen molar-refractivity contribution in [3.8, 4) is 11.7 Å². The summed E-state index contributed by atoms with van der Waals surface area (Å²) in [5.41, 5.74) is 6.36. The van der Waals surface area contributed by atoms with Crippen molar-refractivity contribution in [2.24, 2.45) is 5.73 Å². The zero-order chi connectivity index (χ0) is 10.1. The normalized spacial score (nSPS) is 13.1. The minimum atomic E-state index is -0.133. The highest BCUT2D eigenvalue weighted by Gasteiger charge is 2.12. The van der Waals surface area contributed by atoms with Crippen molar-refractivity contribution in [2.45, 2.75) is 13.0 Å². The average Bonchev–Trinajstić information content (AvgIpc) is 2.70. The lowest BCUT2D eigenvalue weighted by Crippen LogP contribution is -2.04. The highest BCUT2D eigenvalue weighted by atomic mass is 79.9. The van der Waals surface area contributed by atoms with Crippen LogP contribution in [0.25, 0.3) is 11.7 Å². The summed E-state index contributed by atoms with van der Waals surface area (Å²) >= 11 is 3.20. The van der Waals surface area contributed by atoms with Crippen molar-refractivity contribution >= 4 is 15.9 Å². The molecule has 2 heterocycles. The lowest BCUT2D eigenvalue weighted by atomic mass is 10.3. The van der Waals surface area contributed by atoms with Gasteiger partial charge < -0.3 is 14.6 Å². The minimum Gasteiger partial charge on any atom is -0.444 e. The second-order valence-corrected chi connectivity index (χ2v) is 3.75. The summed E-state index contributed by atoms with van der Waals surface area (Å²) in [4.78, 5) is 4.19. The van der Waals surface area contributed by atoms with E-state index in [0.717, 1.165) is 0 Å². The van der Waals surface area contributed by atoms with Crippen molar-refractivity contribution < 1.29 is 8.83 Å². The van der Waals surface area contributed by atoms with Crippen molar-refractivity contribution in [1.82, 2.24) is 4.98 Å². The van der Waals surface area contributed by atoms with Crippen LogP contribution in [0.5, 0.6) is 0 Å². The van der Waals surface area contributed by atoms with Gasteiger partial charge in [-0.2, -0.15) is 0 Å². The Bertz CT molecular complexity index is 433. The number of hydrogen-bond donors (Lipinski definition) is 1. The zero-order valence-electron chi connectivity index (χ0n) is 7.53. The van der Waals surface area contributed by atoms with Gasteiger partial charge in [0.05, 0.1) is 5.69 Å². The molecule has 4 nitrogen and oxygen atoms in total. The van der Waals surface area contributed by atoms with Crippen LogP contribution in [0.2, 0.25) is 0 Å². The first kappa shape index (κ1) is 9.48. The summed E-state index contributed by atoms with van der Waals surface area (Å²) in [5.74, 6) is 1.03. The van der Waals surface area contributed by atoms with E-state index < -0.39 is 0 Å². The summed E-state index contributed by atoms with van der Waals surface area (Å²) in [5, 5.41) is 0. The van der Waals surface area contributed by atoms with Crippen molar-refractivity contribution in [1.29, 1.82) is 0 Å². The van der Waals surface area contributed by atoms with E-state index in [4.69, 9.17) is 14.6 Å². The topological polar surface area (TPSA) is 65.2 Å². The molecule has 0 saturated heterocycles. The molecule has 0 aliphatic heterocycles. The van der Waals surface area contributed by atoms with E-state index in [1.54, 1.807) is 12.1 Å². The van der Waals surface area contributed by atoms with Crippen LogP contribution in [0.4, 0.5) is 0 Å². The molecule has 0 saturated carbocycles. The van der Waals surface area contributed by atoms with E-state index in [1.807, 2.05) is 6.92 Å². The molecule has 2 aromatic heterocycles. The lowest BCUT2D eigenvalue weighted by Gasteiger charge is -1.94. The smallest absolute Gasteiger partial charge is 0.263 e. The van der Waals surface area contributed by atoms with Gasteiger partial charge in [0.25, 0.3) is 5.89 Å². The molecule has 14 heavy (non-hydrogen) atoms. The first-order valence-electron chi connectivity index (χ1n) is 4.13. The van der Waals surface area contributed by atoms with Crippen molar-refractivity contribution in [3.05, 3.63) is 28.8 Å². The highest BCUT2D eigenvalue weighted by molar-refractivity contribution is 9.10. The molecule has 1 atom stereocenters. The first-order valence-corrected chi connectivity index (χ1v) is 4.93. The predicted molar refractivity (Wildman–Crippen MR) is 54.5 cm³/mol. The molecule has 0 aliphatic carbocycles. The third kappa shape index (κ3) is 1.73. The summed E-state index contributed by atoms with van der Waals surface area (Å²) in [6, 6.07) is 3.43. The second-order valence-electron chi connectivity index (χ2n) is 2.97. The number of halogens is 1. The van der Waals surface area contributed by atoms with Gasteiger partial charge in [0.2, 0.25) is 0 Å². The molecule has 0 bridgehead atoms. The van der Waals surface area contributed by atoms with Crippen LogP contribution in [0.1, 0.15) is 18.7 Å². The fourth-order valence-corrected chi connectivity index (χ4v) is 1.34. The summed E-state index contributed by atoms with van der Waals surface area (Å²) in [7, 11) is 0.